The van der Waals surface area contributed by atoms with Crippen LogP contribution in [-0.2, 0) is 33.9 Å². The summed E-state index contributed by atoms with van der Waals surface area (Å²) in [6.07, 6.45) is 2.55. The fourth-order valence-corrected chi connectivity index (χ4v) is 5.59. The Bertz CT molecular complexity index is 1120. The van der Waals surface area contributed by atoms with Crippen LogP contribution >= 0.6 is 24.4 Å². The molecule has 1 aliphatic heterocycles. The van der Waals surface area contributed by atoms with Gasteiger partial charge in [0.2, 0.25) is 11.8 Å². The highest BCUT2D eigenvalue weighted by molar-refractivity contribution is 7.98. The minimum atomic E-state index is -1.07. The molecule has 0 saturated carbocycles. The van der Waals surface area contributed by atoms with Crippen LogP contribution in [0.25, 0.3) is 0 Å². The van der Waals surface area contributed by atoms with Crippen LogP contribution in [-0.4, -0.2) is 76.3 Å². The van der Waals surface area contributed by atoms with Crippen LogP contribution in [0.5, 0.6) is 0 Å². The van der Waals surface area contributed by atoms with Crippen molar-refractivity contribution in [2.24, 2.45) is 5.92 Å². The Morgan fingerprint density at radius 3 is 2.35 bits per heavy atom. The van der Waals surface area contributed by atoms with Gasteiger partial charge in [-0.05, 0) is 41.0 Å². The normalized spacial score (nSPS) is 17.1. The molecule has 0 bridgehead atoms. The van der Waals surface area contributed by atoms with Crippen molar-refractivity contribution < 1.29 is 19.5 Å². The molecule has 218 valence electrons. The number of thioether (sulfide) groups is 1. The smallest absolute Gasteiger partial charge is 0.326 e. The van der Waals surface area contributed by atoms with Crippen molar-refractivity contribution in [3.8, 4) is 0 Å². The molecule has 1 unspecified atom stereocenters. The lowest BCUT2D eigenvalue weighted by atomic mass is 9.91. The van der Waals surface area contributed by atoms with Gasteiger partial charge in [0, 0.05) is 37.8 Å². The van der Waals surface area contributed by atoms with Gasteiger partial charge in [-0.25, -0.2) is 4.79 Å². The molecule has 0 saturated heterocycles. The van der Waals surface area contributed by atoms with Crippen LogP contribution in [0.15, 0.2) is 54.6 Å². The molecular formula is C30H42N4O4S2. The third-order valence-corrected chi connectivity index (χ3v) is 8.32. The van der Waals surface area contributed by atoms with E-state index < -0.39 is 30.0 Å². The quantitative estimate of drug-likeness (QED) is 0.204. The topological polar surface area (TPSA) is 111 Å². The predicted molar refractivity (Wildman–Crippen MR) is 165 cm³/mol. The Morgan fingerprint density at radius 1 is 1.05 bits per heavy atom. The van der Waals surface area contributed by atoms with Crippen molar-refractivity contribution in [2.45, 2.75) is 63.9 Å². The molecule has 1 aliphatic rings. The van der Waals surface area contributed by atoms with E-state index in [0.29, 0.717) is 44.0 Å². The number of benzene rings is 2. The molecule has 0 fully saturated rings. The fraction of sp³-hybridized carbons (Fsp3) is 0.500. The summed E-state index contributed by atoms with van der Waals surface area (Å²) in [5, 5.41) is 19.3. The number of fused-ring (bicyclic) bond motifs is 1. The molecular weight excluding hydrogens is 544 g/mol. The van der Waals surface area contributed by atoms with E-state index in [4.69, 9.17) is 0 Å². The maximum Gasteiger partial charge on any atom is 0.326 e. The van der Waals surface area contributed by atoms with Crippen molar-refractivity contribution >= 4 is 42.2 Å². The fourth-order valence-electron chi connectivity index (χ4n) is 4.87. The first-order valence-electron chi connectivity index (χ1n) is 13.8. The van der Waals surface area contributed by atoms with Gasteiger partial charge in [-0.1, -0.05) is 68.4 Å². The number of nitrogens with zero attached hydrogens (tertiary/aromatic N) is 1. The third-order valence-electron chi connectivity index (χ3n) is 7.23. The summed E-state index contributed by atoms with van der Waals surface area (Å²) < 4.78 is 0. The van der Waals surface area contributed by atoms with Gasteiger partial charge in [-0.3, -0.25) is 9.59 Å². The van der Waals surface area contributed by atoms with Crippen LogP contribution in [0.1, 0.15) is 37.0 Å². The molecule has 2 aromatic rings. The molecule has 3 rings (SSSR count). The van der Waals surface area contributed by atoms with Gasteiger partial charge >= 0.3 is 5.97 Å². The SMILES string of the molecule is CSCC[C@H](NC(=O)[C@H]1Cc2ccccc2CN1C(=O)[C@@H](NCC(CS)NCc1ccccc1)C(C)C)C(=O)O. The lowest BCUT2D eigenvalue weighted by Crippen LogP contribution is -2.60. The molecule has 8 nitrogen and oxygen atoms in total. The molecule has 4 N–H and O–H groups in total. The highest BCUT2D eigenvalue weighted by Gasteiger charge is 2.39. The molecule has 4 atom stereocenters. The first-order chi connectivity index (χ1) is 19.2. The molecule has 1 heterocycles. The second kappa shape index (κ2) is 16.0. The number of amides is 2. The van der Waals surface area contributed by atoms with E-state index in [1.807, 2.05) is 62.6 Å². The Labute approximate surface area is 247 Å². The number of aliphatic carboxylic acids is 1. The average molecular weight is 587 g/mol. The van der Waals surface area contributed by atoms with Gasteiger partial charge in [-0.2, -0.15) is 24.4 Å². The lowest BCUT2D eigenvalue weighted by molar-refractivity contribution is -0.146. The first kappa shape index (κ1) is 32.0. The summed E-state index contributed by atoms with van der Waals surface area (Å²) >= 11 is 6.04. The lowest BCUT2D eigenvalue weighted by Gasteiger charge is -2.39. The maximum atomic E-state index is 14.1. The van der Waals surface area contributed by atoms with E-state index in [1.54, 1.807) is 4.90 Å². The Hall–Kier alpha value is -2.53. The summed E-state index contributed by atoms with van der Waals surface area (Å²) in [5.41, 5.74) is 3.16. The molecule has 0 radical (unpaired) electrons. The van der Waals surface area contributed by atoms with E-state index in [9.17, 15) is 19.5 Å². The summed E-state index contributed by atoms with van der Waals surface area (Å²) in [5.74, 6) is -0.501. The number of thiol groups is 1. The molecule has 0 spiro atoms. The van der Waals surface area contributed by atoms with Gasteiger partial charge in [-0.15, -0.1) is 0 Å². The van der Waals surface area contributed by atoms with Gasteiger partial charge < -0.3 is 26.0 Å². The zero-order valence-electron chi connectivity index (χ0n) is 23.5. The molecule has 0 aromatic heterocycles. The number of carbonyl (C=O) groups is 3. The number of hydrogen-bond acceptors (Lipinski definition) is 7. The first-order valence-corrected chi connectivity index (χ1v) is 15.8. The molecule has 10 heteroatoms. The van der Waals surface area contributed by atoms with Crippen molar-refractivity contribution in [2.75, 3.05) is 24.3 Å². The van der Waals surface area contributed by atoms with Gasteiger partial charge in [0.25, 0.3) is 0 Å². The third kappa shape index (κ3) is 8.99. The Balaban J connectivity index is 1.76. The predicted octanol–water partition coefficient (Wildman–Crippen LogP) is 2.96. The van der Waals surface area contributed by atoms with E-state index in [-0.39, 0.29) is 17.9 Å². The van der Waals surface area contributed by atoms with Crippen molar-refractivity contribution in [3.63, 3.8) is 0 Å². The monoisotopic (exact) mass is 586 g/mol. The number of hydrogen-bond donors (Lipinski definition) is 5. The zero-order valence-corrected chi connectivity index (χ0v) is 25.2. The number of nitrogens with one attached hydrogen (secondary N) is 3. The summed E-state index contributed by atoms with van der Waals surface area (Å²) in [7, 11) is 0. The molecule has 0 aliphatic carbocycles. The average Bonchev–Trinajstić information content (AvgIpc) is 2.96. The standard InChI is InChI=1S/C30H42N4O4S2/c1-20(2)27(32-17-24(19-39)31-16-21-9-5-4-6-10-21)29(36)34-18-23-12-8-7-11-22(23)15-26(34)28(35)33-25(30(37)38)13-14-40-3/h4-12,20,24-27,31-32,39H,13-19H2,1-3H3,(H,33,35)(H,37,38)/t24?,25-,26+,27-/m0/s1. The van der Waals surface area contributed by atoms with Gasteiger partial charge in [0.1, 0.15) is 12.1 Å². The number of carboxylic acid groups (broad SMARTS) is 1. The van der Waals surface area contributed by atoms with Crippen LogP contribution in [0, 0.1) is 5.92 Å². The minimum absolute atomic E-state index is 0.0311. The summed E-state index contributed by atoms with van der Waals surface area (Å²) in [6.45, 7) is 5.49. The van der Waals surface area contributed by atoms with Crippen LogP contribution in [0.2, 0.25) is 0 Å². The number of rotatable bonds is 15. The highest BCUT2D eigenvalue weighted by Crippen LogP contribution is 2.25. The molecule has 2 amide bonds. The van der Waals surface area contributed by atoms with E-state index in [1.165, 1.54) is 17.3 Å². The van der Waals surface area contributed by atoms with Crippen molar-refractivity contribution in [1.29, 1.82) is 0 Å². The van der Waals surface area contributed by atoms with Crippen LogP contribution in [0.4, 0.5) is 0 Å². The zero-order chi connectivity index (χ0) is 29.1. The van der Waals surface area contributed by atoms with Crippen molar-refractivity contribution in [3.05, 3.63) is 71.3 Å². The van der Waals surface area contributed by atoms with E-state index in [2.05, 4.69) is 40.7 Å². The maximum absolute atomic E-state index is 14.1. The minimum Gasteiger partial charge on any atom is -0.480 e. The van der Waals surface area contributed by atoms with Crippen LogP contribution < -0.4 is 16.0 Å². The Morgan fingerprint density at radius 2 is 1.73 bits per heavy atom. The van der Waals surface area contributed by atoms with Crippen LogP contribution in [0.3, 0.4) is 0 Å². The summed E-state index contributed by atoms with van der Waals surface area (Å²) in [6, 6.07) is 15.6. The van der Waals surface area contributed by atoms with E-state index >= 15 is 0 Å². The largest absolute Gasteiger partial charge is 0.480 e. The Kier molecular flexibility index (Phi) is 12.8. The number of carboxylic acids is 1. The molecule has 2 aromatic carbocycles. The second-order valence-electron chi connectivity index (χ2n) is 10.5. The van der Waals surface area contributed by atoms with Crippen molar-refractivity contribution in [1.82, 2.24) is 20.9 Å². The van der Waals surface area contributed by atoms with Gasteiger partial charge in [0.15, 0.2) is 0 Å². The van der Waals surface area contributed by atoms with E-state index in [0.717, 1.165) is 11.1 Å². The summed E-state index contributed by atoms with van der Waals surface area (Å²) in [4.78, 5) is 41.0. The second-order valence-corrected chi connectivity index (χ2v) is 11.9. The van der Waals surface area contributed by atoms with Gasteiger partial charge in [0.05, 0.1) is 6.04 Å². The highest BCUT2D eigenvalue weighted by atomic mass is 32.2. The molecule has 40 heavy (non-hydrogen) atoms. The number of carbonyl (C=O) groups excluding carboxylic acids is 2.